The Morgan fingerprint density at radius 3 is 3.00 bits per heavy atom. The van der Waals surface area contributed by atoms with E-state index in [9.17, 15) is 18.0 Å². The number of nitrogens with zero attached hydrogens (tertiary/aromatic N) is 3. The van der Waals surface area contributed by atoms with E-state index in [0.29, 0.717) is 36.6 Å². The van der Waals surface area contributed by atoms with E-state index >= 15 is 0 Å². The second-order valence-corrected chi connectivity index (χ2v) is 7.37. The Labute approximate surface area is 175 Å². The van der Waals surface area contributed by atoms with Crippen LogP contribution < -0.4 is 14.8 Å². The molecule has 1 aromatic heterocycles. The van der Waals surface area contributed by atoms with E-state index < -0.39 is 24.8 Å². The van der Waals surface area contributed by atoms with E-state index in [1.165, 1.54) is 10.7 Å². The van der Waals surface area contributed by atoms with Gasteiger partial charge in [0.15, 0.2) is 5.69 Å². The van der Waals surface area contributed by atoms with Crippen molar-refractivity contribution in [1.29, 1.82) is 5.26 Å². The molecule has 2 aromatic rings. The van der Waals surface area contributed by atoms with Gasteiger partial charge in [-0.3, -0.25) is 4.79 Å². The monoisotopic (exact) mass is 436 g/mol. The van der Waals surface area contributed by atoms with Crippen LogP contribution in [0, 0.1) is 11.3 Å². The fourth-order valence-electron chi connectivity index (χ4n) is 3.50. The number of aryl methyl sites for hydroxylation is 1. The zero-order chi connectivity index (χ0) is 22.0. The first-order chi connectivity index (χ1) is 14.8. The predicted octanol–water partition coefficient (Wildman–Crippen LogP) is 2.22. The number of hydrogen-bond donors (Lipinski definition) is 1. The summed E-state index contributed by atoms with van der Waals surface area (Å²) in [4.78, 5) is 12.6. The SMILES string of the molecule is N#Cc1ccc2c(c1)C[C@@H](NC(=O)c1cc3n(n1)CC[C@@H](COCC(F)(F)F)O3)CO2. The smallest absolute Gasteiger partial charge is 0.411 e. The maximum Gasteiger partial charge on any atom is 0.411 e. The highest BCUT2D eigenvalue weighted by atomic mass is 19.4. The minimum Gasteiger partial charge on any atom is -0.491 e. The highest BCUT2D eigenvalue weighted by molar-refractivity contribution is 5.92. The number of nitrogens with one attached hydrogen (secondary N) is 1. The first kappa shape index (κ1) is 21.0. The first-order valence-electron chi connectivity index (χ1n) is 9.66. The lowest BCUT2D eigenvalue weighted by Crippen LogP contribution is -2.42. The topological polar surface area (TPSA) is 98.4 Å². The lowest BCUT2D eigenvalue weighted by molar-refractivity contribution is -0.179. The lowest BCUT2D eigenvalue weighted by atomic mass is 10.0. The summed E-state index contributed by atoms with van der Waals surface area (Å²) in [6.45, 7) is -0.842. The summed E-state index contributed by atoms with van der Waals surface area (Å²) in [6, 6.07) is 8.38. The second-order valence-electron chi connectivity index (χ2n) is 7.37. The molecular formula is C20H19F3N4O4. The van der Waals surface area contributed by atoms with Gasteiger partial charge in [0.2, 0.25) is 5.88 Å². The average Bonchev–Trinajstić information content (AvgIpc) is 3.16. The van der Waals surface area contributed by atoms with E-state index in [-0.39, 0.29) is 24.9 Å². The molecule has 0 aliphatic carbocycles. The van der Waals surface area contributed by atoms with E-state index in [1.54, 1.807) is 18.2 Å². The van der Waals surface area contributed by atoms with Gasteiger partial charge in [0.05, 0.1) is 24.3 Å². The van der Waals surface area contributed by atoms with Crippen LogP contribution in [-0.2, 0) is 17.7 Å². The van der Waals surface area contributed by atoms with Gasteiger partial charge in [-0.15, -0.1) is 0 Å². The summed E-state index contributed by atoms with van der Waals surface area (Å²) in [5, 5.41) is 16.1. The van der Waals surface area contributed by atoms with Gasteiger partial charge in [0.1, 0.15) is 25.1 Å². The molecule has 2 atom stereocenters. The number of carbonyl (C=O) groups excluding carboxylic acids is 1. The normalized spacial score (nSPS) is 19.9. The van der Waals surface area contributed by atoms with Crippen LogP contribution in [0.2, 0.25) is 0 Å². The van der Waals surface area contributed by atoms with Crippen molar-refractivity contribution in [2.75, 3.05) is 19.8 Å². The third kappa shape index (κ3) is 5.08. The highest BCUT2D eigenvalue weighted by Crippen LogP contribution is 2.26. The number of nitriles is 1. The van der Waals surface area contributed by atoms with Crippen molar-refractivity contribution in [3.05, 3.63) is 41.1 Å². The molecule has 0 fully saturated rings. The van der Waals surface area contributed by atoms with Crippen molar-refractivity contribution in [2.45, 2.75) is 37.7 Å². The Morgan fingerprint density at radius 1 is 1.39 bits per heavy atom. The van der Waals surface area contributed by atoms with Gasteiger partial charge in [-0.25, -0.2) is 4.68 Å². The van der Waals surface area contributed by atoms with Crippen molar-refractivity contribution in [3.63, 3.8) is 0 Å². The molecule has 0 radical (unpaired) electrons. The summed E-state index contributed by atoms with van der Waals surface area (Å²) in [7, 11) is 0. The Kier molecular flexibility index (Phi) is 5.73. The molecule has 2 aliphatic rings. The zero-order valence-corrected chi connectivity index (χ0v) is 16.3. The van der Waals surface area contributed by atoms with Crippen LogP contribution in [0.4, 0.5) is 13.2 Å². The number of fused-ring (bicyclic) bond motifs is 2. The van der Waals surface area contributed by atoms with Gasteiger partial charge >= 0.3 is 6.18 Å². The summed E-state index contributed by atoms with van der Waals surface area (Å²) >= 11 is 0. The van der Waals surface area contributed by atoms with Gasteiger partial charge in [0, 0.05) is 19.0 Å². The molecule has 0 saturated heterocycles. The van der Waals surface area contributed by atoms with E-state index in [2.05, 4.69) is 21.2 Å². The number of carbonyl (C=O) groups is 1. The van der Waals surface area contributed by atoms with Gasteiger partial charge in [0.25, 0.3) is 5.91 Å². The van der Waals surface area contributed by atoms with Crippen molar-refractivity contribution in [2.24, 2.45) is 0 Å². The second kappa shape index (κ2) is 8.47. The Morgan fingerprint density at radius 2 is 2.23 bits per heavy atom. The molecule has 4 rings (SSSR count). The van der Waals surface area contributed by atoms with Crippen molar-refractivity contribution < 1.29 is 32.2 Å². The van der Waals surface area contributed by atoms with Gasteiger partial charge < -0.3 is 19.5 Å². The molecule has 2 aliphatic heterocycles. The molecule has 1 aromatic carbocycles. The highest BCUT2D eigenvalue weighted by Gasteiger charge is 2.30. The fraction of sp³-hybridized carbons (Fsp3) is 0.450. The van der Waals surface area contributed by atoms with E-state index in [1.807, 2.05) is 0 Å². The van der Waals surface area contributed by atoms with Crippen LogP contribution in [0.3, 0.4) is 0 Å². The maximum absolute atomic E-state index is 12.6. The third-order valence-corrected chi connectivity index (χ3v) is 4.93. The molecule has 3 heterocycles. The lowest BCUT2D eigenvalue weighted by Gasteiger charge is -2.25. The average molecular weight is 436 g/mol. The molecular weight excluding hydrogens is 417 g/mol. The minimum absolute atomic E-state index is 0.142. The van der Waals surface area contributed by atoms with Crippen LogP contribution in [0.25, 0.3) is 0 Å². The van der Waals surface area contributed by atoms with Crippen LogP contribution in [0.15, 0.2) is 24.3 Å². The number of amides is 1. The zero-order valence-electron chi connectivity index (χ0n) is 16.3. The third-order valence-electron chi connectivity index (χ3n) is 4.93. The minimum atomic E-state index is -4.39. The summed E-state index contributed by atoms with van der Waals surface area (Å²) < 4.78 is 54.1. The van der Waals surface area contributed by atoms with E-state index in [0.717, 1.165) is 5.56 Å². The molecule has 164 valence electrons. The first-order valence-corrected chi connectivity index (χ1v) is 9.66. The standard InChI is InChI=1S/C20H19F3N4O4/c21-20(22,23)11-29-10-15-3-4-27-18(31-15)7-16(26-27)19(28)25-14-6-13-5-12(8-24)1-2-17(13)30-9-14/h1-2,5,7,14-15H,3-4,6,9-11H2,(H,25,28)/t14-,15+/m1/s1. The van der Waals surface area contributed by atoms with Gasteiger partial charge in [-0.05, 0) is 30.2 Å². The van der Waals surface area contributed by atoms with Crippen molar-refractivity contribution in [3.8, 4) is 17.7 Å². The number of aromatic nitrogens is 2. The number of benzene rings is 1. The molecule has 0 saturated carbocycles. The number of rotatable bonds is 5. The number of halogens is 3. The number of alkyl halides is 3. The Hall–Kier alpha value is -3.26. The Bertz CT molecular complexity index is 1010. The number of hydrogen-bond acceptors (Lipinski definition) is 6. The molecule has 0 unspecified atom stereocenters. The molecule has 1 N–H and O–H groups in total. The van der Waals surface area contributed by atoms with Crippen LogP contribution >= 0.6 is 0 Å². The van der Waals surface area contributed by atoms with Crippen LogP contribution in [0.1, 0.15) is 28.0 Å². The molecule has 11 heteroatoms. The fourth-order valence-corrected chi connectivity index (χ4v) is 3.50. The van der Waals surface area contributed by atoms with Crippen molar-refractivity contribution in [1.82, 2.24) is 15.1 Å². The predicted molar refractivity (Wildman–Crippen MR) is 99.7 cm³/mol. The summed E-state index contributed by atoms with van der Waals surface area (Å²) in [5.41, 5.74) is 1.50. The van der Waals surface area contributed by atoms with Gasteiger partial charge in [-0.1, -0.05) is 0 Å². The molecule has 31 heavy (non-hydrogen) atoms. The number of ether oxygens (including phenoxy) is 3. The molecule has 8 nitrogen and oxygen atoms in total. The van der Waals surface area contributed by atoms with Crippen LogP contribution in [0.5, 0.6) is 11.6 Å². The Balaban J connectivity index is 1.34. The van der Waals surface area contributed by atoms with Gasteiger partial charge in [-0.2, -0.15) is 23.5 Å². The maximum atomic E-state index is 12.6. The summed E-state index contributed by atoms with van der Waals surface area (Å²) in [5.74, 6) is 0.582. The van der Waals surface area contributed by atoms with Crippen LogP contribution in [-0.4, -0.2) is 53.8 Å². The summed E-state index contributed by atoms with van der Waals surface area (Å²) in [6.07, 6.45) is -4.00. The molecule has 1 amide bonds. The quantitative estimate of drug-likeness (QED) is 0.772. The van der Waals surface area contributed by atoms with Crippen molar-refractivity contribution >= 4 is 5.91 Å². The molecule has 0 bridgehead atoms. The molecule has 0 spiro atoms. The van der Waals surface area contributed by atoms with E-state index in [4.69, 9.17) is 14.7 Å². The largest absolute Gasteiger partial charge is 0.491 e.